The van der Waals surface area contributed by atoms with Gasteiger partial charge in [-0.05, 0) is 46.2 Å². The molecule has 0 aliphatic heterocycles. The molecule has 0 aliphatic rings. The zero-order valence-electron chi connectivity index (χ0n) is 10.3. The van der Waals surface area contributed by atoms with Crippen molar-refractivity contribution < 1.29 is 0 Å². The Labute approximate surface area is 121 Å². The zero-order chi connectivity index (χ0) is 12.6. The van der Waals surface area contributed by atoms with Gasteiger partial charge >= 0.3 is 0 Å². The average Bonchev–Trinajstić information content (AvgIpc) is 2.53. The molecule has 0 atom stereocenters. The topological polar surface area (TPSA) is 17.8 Å². The molecule has 92 valence electrons. The van der Waals surface area contributed by atoms with Crippen molar-refractivity contribution in [1.29, 1.82) is 0 Å². The highest BCUT2D eigenvalue weighted by Crippen LogP contribution is 2.25. The Morgan fingerprint density at radius 2 is 2.06 bits per heavy atom. The van der Waals surface area contributed by atoms with E-state index in [4.69, 9.17) is 11.6 Å². The van der Waals surface area contributed by atoms with E-state index in [1.807, 2.05) is 0 Å². The van der Waals surface area contributed by atoms with Crippen LogP contribution in [0.5, 0.6) is 0 Å². The molecule has 1 aromatic heterocycles. The van der Waals surface area contributed by atoms with Crippen LogP contribution < -0.4 is 0 Å². The molecule has 2 rings (SSSR count). The third kappa shape index (κ3) is 2.94. The molecule has 0 saturated heterocycles. The Morgan fingerprint density at radius 3 is 2.65 bits per heavy atom. The van der Waals surface area contributed by atoms with E-state index >= 15 is 0 Å². The highest BCUT2D eigenvalue weighted by molar-refractivity contribution is 14.1. The van der Waals surface area contributed by atoms with Crippen LogP contribution in [0.1, 0.15) is 26.6 Å². The minimum atomic E-state index is 0.220. The first-order valence-corrected chi connectivity index (χ1v) is 7.23. The lowest BCUT2D eigenvalue weighted by Gasteiger charge is -2.20. The smallest absolute Gasteiger partial charge is 0.124 e. The van der Waals surface area contributed by atoms with Gasteiger partial charge in [-0.2, -0.15) is 0 Å². The summed E-state index contributed by atoms with van der Waals surface area (Å²) >= 11 is 8.29. The minimum absolute atomic E-state index is 0.220. The van der Waals surface area contributed by atoms with E-state index in [0.29, 0.717) is 5.88 Å². The molecule has 1 heterocycles. The van der Waals surface area contributed by atoms with Crippen LogP contribution in [-0.2, 0) is 12.4 Å². The molecule has 0 bridgehead atoms. The van der Waals surface area contributed by atoms with Gasteiger partial charge in [0.05, 0.1) is 16.9 Å². The van der Waals surface area contributed by atoms with Gasteiger partial charge in [0, 0.05) is 10.1 Å². The Morgan fingerprint density at radius 1 is 1.35 bits per heavy atom. The maximum Gasteiger partial charge on any atom is 0.124 e. The molecule has 0 aliphatic carbocycles. The number of benzene rings is 1. The van der Waals surface area contributed by atoms with Gasteiger partial charge in [-0.3, -0.25) is 0 Å². The van der Waals surface area contributed by atoms with Crippen LogP contribution in [0.25, 0.3) is 11.0 Å². The van der Waals surface area contributed by atoms with Gasteiger partial charge in [0.25, 0.3) is 0 Å². The normalized spacial score (nSPS) is 12.3. The quantitative estimate of drug-likeness (QED) is 0.571. The standard InChI is InChI=1S/C13H16ClIN2/c1-13(2,3)8-17-11-5-4-9(15)6-10(11)16-12(17)7-14/h4-6H,7-8H2,1-3H3. The van der Waals surface area contributed by atoms with Crippen LogP contribution in [0.15, 0.2) is 18.2 Å². The zero-order valence-corrected chi connectivity index (χ0v) is 13.2. The molecule has 0 saturated carbocycles. The number of aromatic nitrogens is 2. The first-order valence-electron chi connectivity index (χ1n) is 5.61. The van der Waals surface area contributed by atoms with Crippen molar-refractivity contribution in [1.82, 2.24) is 9.55 Å². The molecule has 0 spiro atoms. The number of nitrogens with zero attached hydrogens (tertiary/aromatic N) is 2. The summed E-state index contributed by atoms with van der Waals surface area (Å²) in [5.41, 5.74) is 2.44. The Bertz CT molecular complexity index is 540. The third-order valence-electron chi connectivity index (χ3n) is 2.54. The third-order valence-corrected chi connectivity index (χ3v) is 3.45. The van der Waals surface area contributed by atoms with Crippen LogP contribution in [0.3, 0.4) is 0 Å². The average molecular weight is 363 g/mol. The van der Waals surface area contributed by atoms with Gasteiger partial charge in [0.15, 0.2) is 0 Å². The summed E-state index contributed by atoms with van der Waals surface area (Å²) in [6.45, 7) is 7.61. The second kappa shape index (κ2) is 4.76. The summed E-state index contributed by atoms with van der Waals surface area (Å²) in [5.74, 6) is 1.42. The van der Waals surface area contributed by atoms with Crippen molar-refractivity contribution in [3.63, 3.8) is 0 Å². The molecular weight excluding hydrogens is 347 g/mol. The van der Waals surface area contributed by atoms with Gasteiger partial charge in [0.1, 0.15) is 5.82 Å². The van der Waals surface area contributed by atoms with E-state index in [-0.39, 0.29) is 5.41 Å². The van der Waals surface area contributed by atoms with Crippen LogP contribution >= 0.6 is 34.2 Å². The molecule has 0 radical (unpaired) electrons. The monoisotopic (exact) mass is 362 g/mol. The van der Waals surface area contributed by atoms with Crippen LogP contribution in [-0.4, -0.2) is 9.55 Å². The maximum absolute atomic E-state index is 5.99. The van der Waals surface area contributed by atoms with Gasteiger partial charge in [-0.25, -0.2) is 4.98 Å². The van der Waals surface area contributed by atoms with Crippen molar-refractivity contribution in [3.05, 3.63) is 27.6 Å². The van der Waals surface area contributed by atoms with E-state index in [9.17, 15) is 0 Å². The Hall–Kier alpha value is -0.290. The number of hydrogen-bond acceptors (Lipinski definition) is 1. The fourth-order valence-electron chi connectivity index (χ4n) is 1.91. The summed E-state index contributed by atoms with van der Waals surface area (Å²) < 4.78 is 3.44. The predicted molar refractivity (Wildman–Crippen MR) is 81.5 cm³/mol. The minimum Gasteiger partial charge on any atom is -0.326 e. The molecule has 0 fully saturated rings. The molecule has 17 heavy (non-hydrogen) atoms. The SMILES string of the molecule is CC(C)(C)Cn1c(CCl)nc2cc(I)ccc21. The largest absolute Gasteiger partial charge is 0.326 e. The first kappa shape index (κ1) is 13.1. The number of hydrogen-bond donors (Lipinski definition) is 0. The fraction of sp³-hybridized carbons (Fsp3) is 0.462. The summed E-state index contributed by atoms with van der Waals surface area (Å²) in [5, 5.41) is 0. The highest BCUT2D eigenvalue weighted by Gasteiger charge is 2.17. The van der Waals surface area contributed by atoms with Gasteiger partial charge in [-0.1, -0.05) is 20.8 Å². The van der Waals surface area contributed by atoms with E-state index in [0.717, 1.165) is 17.9 Å². The molecule has 1 aromatic carbocycles. The molecule has 0 unspecified atom stereocenters. The number of imidazole rings is 1. The lowest BCUT2D eigenvalue weighted by Crippen LogP contribution is -2.17. The van der Waals surface area contributed by atoms with E-state index in [1.165, 1.54) is 9.09 Å². The number of alkyl halides is 1. The summed E-state index contributed by atoms with van der Waals surface area (Å²) in [6.07, 6.45) is 0. The molecular formula is C13H16ClIN2. The predicted octanol–water partition coefficient (Wildman–Crippen LogP) is 4.43. The van der Waals surface area contributed by atoms with Crippen molar-refractivity contribution in [2.45, 2.75) is 33.2 Å². The molecule has 4 heteroatoms. The highest BCUT2D eigenvalue weighted by atomic mass is 127. The van der Waals surface area contributed by atoms with E-state index in [1.54, 1.807) is 0 Å². The van der Waals surface area contributed by atoms with Crippen LogP contribution in [0, 0.1) is 8.99 Å². The second-order valence-corrected chi connectivity index (χ2v) is 6.95. The van der Waals surface area contributed by atoms with Crippen molar-refractivity contribution in [2.75, 3.05) is 0 Å². The number of fused-ring (bicyclic) bond motifs is 1. The number of halogens is 2. The van der Waals surface area contributed by atoms with Crippen LogP contribution in [0.4, 0.5) is 0 Å². The van der Waals surface area contributed by atoms with Gasteiger partial charge in [-0.15, -0.1) is 11.6 Å². The van der Waals surface area contributed by atoms with Gasteiger partial charge < -0.3 is 4.57 Å². The van der Waals surface area contributed by atoms with E-state index in [2.05, 4.69) is 71.1 Å². The summed E-state index contributed by atoms with van der Waals surface area (Å²) in [7, 11) is 0. The summed E-state index contributed by atoms with van der Waals surface area (Å²) in [4.78, 5) is 4.60. The van der Waals surface area contributed by atoms with Crippen molar-refractivity contribution >= 4 is 45.2 Å². The molecule has 2 aromatic rings. The lowest BCUT2D eigenvalue weighted by atomic mass is 9.97. The Balaban J connectivity index is 2.58. The van der Waals surface area contributed by atoms with Crippen LogP contribution in [0.2, 0.25) is 0 Å². The van der Waals surface area contributed by atoms with E-state index < -0.39 is 0 Å². The molecule has 2 nitrogen and oxygen atoms in total. The number of rotatable bonds is 2. The Kier molecular flexibility index (Phi) is 3.69. The molecule has 0 amide bonds. The van der Waals surface area contributed by atoms with Crippen molar-refractivity contribution in [3.8, 4) is 0 Å². The summed E-state index contributed by atoms with van der Waals surface area (Å²) in [6, 6.07) is 6.35. The second-order valence-electron chi connectivity index (χ2n) is 5.44. The van der Waals surface area contributed by atoms with Crippen molar-refractivity contribution in [2.24, 2.45) is 5.41 Å². The van der Waals surface area contributed by atoms with Gasteiger partial charge in [0.2, 0.25) is 0 Å². The first-order chi connectivity index (χ1) is 7.90. The fourth-order valence-corrected chi connectivity index (χ4v) is 2.58. The lowest BCUT2D eigenvalue weighted by molar-refractivity contribution is 0.344. The maximum atomic E-state index is 5.99. The molecule has 0 N–H and O–H groups in total.